The zero-order valence-electron chi connectivity index (χ0n) is 21.7. The molecule has 11 heteroatoms. The first kappa shape index (κ1) is 26.6. The second-order valence-electron chi connectivity index (χ2n) is 10.2. The van der Waals surface area contributed by atoms with E-state index in [1.165, 1.54) is 23.6 Å². The predicted molar refractivity (Wildman–Crippen MR) is 143 cm³/mol. The molecule has 1 aromatic carbocycles. The summed E-state index contributed by atoms with van der Waals surface area (Å²) in [6, 6.07) is 7.31. The second-order valence-corrected chi connectivity index (χ2v) is 10.2. The summed E-state index contributed by atoms with van der Waals surface area (Å²) in [6.07, 6.45) is 6.71. The number of aliphatic hydroxyl groups excluding tert-OH is 1. The molecule has 5 rings (SSSR count). The molecule has 9 nitrogen and oxygen atoms in total. The van der Waals surface area contributed by atoms with Crippen molar-refractivity contribution in [1.82, 2.24) is 24.9 Å². The van der Waals surface area contributed by atoms with Gasteiger partial charge in [0.1, 0.15) is 11.6 Å². The molecule has 3 aromatic heterocycles. The molecular weight excluding hydrogens is 504 g/mol. The van der Waals surface area contributed by atoms with E-state index in [0.29, 0.717) is 23.4 Å². The highest BCUT2D eigenvalue weighted by Crippen LogP contribution is 2.39. The van der Waals surface area contributed by atoms with E-state index in [4.69, 9.17) is 10.8 Å². The molecule has 4 unspecified atom stereocenters. The standard InChI is InChI=1S/C28H31F2N7O2/c1-15-9-18(12-23(31)27(15)34-16(2)39)20-5-7-32-14-25(20)35-28-33-13-19-3-4-24(36-37(19)28)26-21(29)10-17(6-8-38)11-22(26)30/h3-5,7,10-11,13-15,18,23,27,38H,6,8-9,12,31H2,1-2H3,(H,33,35)(H,34,39). The average molecular weight is 536 g/mol. The van der Waals surface area contributed by atoms with Crippen LogP contribution in [0.25, 0.3) is 16.8 Å². The van der Waals surface area contributed by atoms with Crippen LogP contribution in [0.4, 0.5) is 20.4 Å². The van der Waals surface area contributed by atoms with Crippen LogP contribution in [-0.2, 0) is 11.2 Å². The molecule has 0 radical (unpaired) electrons. The number of aliphatic hydroxyl groups is 1. The van der Waals surface area contributed by atoms with Crippen LogP contribution in [0.2, 0.25) is 0 Å². The number of nitrogens with one attached hydrogen (secondary N) is 2. The van der Waals surface area contributed by atoms with Crippen molar-refractivity contribution < 1.29 is 18.7 Å². The van der Waals surface area contributed by atoms with E-state index in [2.05, 4.69) is 32.6 Å². The van der Waals surface area contributed by atoms with Gasteiger partial charge in [-0.3, -0.25) is 9.78 Å². The maximum atomic E-state index is 14.9. The van der Waals surface area contributed by atoms with Crippen molar-refractivity contribution in [3.8, 4) is 11.3 Å². The largest absolute Gasteiger partial charge is 0.396 e. The first-order chi connectivity index (χ1) is 18.7. The molecule has 1 aliphatic carbocycles. The third-order valence-electron chi connectivity index (χ3n) is 7.34. The molecule has 1 saturated carbocycles. The summed E-state index contributed by atoms with van der Waals surface area (Å²) in [4.78, 5) is 20.4. The number of pyridine rings is 1. The van der Waals surface area contributed by atoms with Crippen LogP contribution in [0.5, 0.6) is 0 Å². The number of aromatic nitrogens is 4. The summed E-state index contributed by atoms with van der Waals surface area (Å²) in [5, 5.41) is 19.9. The van der Waals surface area contributed by atoms with Gasteiger partial charge in [0.15, 0.2) is 0 Å². The molecule has 0 saturated heterocycles. The zero-order chi connectivity index (χ0) is 27.7. The topological polar surface area (TPSA) is 130 Å². The van der Waals surface area contributed by atoms with Crippen LogP contribution in [0.3, 0.4) is 0 Å². The minimum atomic E-state index is -0.755. The number of carbonyl (C=O) groups is 1. The fraction of sp³-hybridized carbons (Fsp3) is 0.357. The van der Waals surface area contributed by atoms with Gasteiger partial charge in [0.05, 0.1) is 34.9 Å². The van der Waals surface area contributed by atoms with Crippen molar-refractivity contribution in [2.45, 2.75) is 51.1 Å². The molecule has 39 heavy (non-hydrogen) atoms. The molecule has 4 aromatic rings. The Kier molecular flexibility index (Phi) is 7.53. The van der Waals surface area contributed by atoms with Crippen LogP contribution in [-0.4, -0.2) is 49.3 Å². The summed E-state index contributed by atoms with van der Waals surface area (Å²) in [5.74, 6) is -0.937. The number of halogens is 2. The number of nitrogens with two attached hydrogens (primary N) is 1. The van der Waals surface area contributed by atoms with Crippen molar-refractivity contribution in [2.75, 3.05) is 11.9 Å². The Bertz CT molecular complexity index is 1470. The van der Waals surface area contributed by atoms with Gasteiger partial charge in [0.25, 0.3) is 0 Å². The molecule has 204 valence electrons. The SMILES string of the molecule is CC(=O)NC1C(C)CC(c2ccncc2Nc2ncc3ccc(-c4c(F)cc(CCO)cc4F)nn23)CC1N. The first-order valence-corrected chi connectivity index (χ1v) is 12.9. The number of carbonyl (C=O) groups excluding carboxylic acids is 1. The van der Waals surface area contributed by atoms with E-state index in [9.17, 15) is 13.6 Å². The van der Waals surface area contributed by atoms with E-state index in [0.717, 1.165) is 17.7 Å². The van der Waals surface area contributed by atoms with Crippen LogP contribution >= 0.6 is 0 Å². The molecule has 4 atom stereocenters. The predicted octanol–water partition coefficient (Wildman–Crippen LogP) is 3.69. The number of fused-ring (bicyclic) bond motifs is 1. The fourth-order valence-electron chi connectivity index (χ4n) is 5.56. The maximum Gasteiger partial charge on any atom is 0.229 e. The van der Waals surface area contributed by atoms with Gasteiger partial charge in [-0.25, -0.2) is 13.8 Å². The van der Waals surface area contributed by atoms with E-state index < -0.39 is 11.6 Å². The molecule has 5 N–H and O–H groups in total. The molecule has 1 amide bonds. The Hall–Kier alpha value is -3.96. The quantitative estimate of drug-likeness (QED) is 0.284. The minimum Gasteiger partial charge on any atom is -0.396 e. The Morgan fingerprint density at radius 3 is 2.64 bits per heavy atom. The number of imidazole rings is 1. The lowest BCUT2D eigenvalue weighted by molar-refractivity contribution is -0.120. The van der Waals surface area contributed by atoms with Crippen molar-refractivity contribution >= 4 is 23.1 Å². The number of benzene rings is 1. The van der Waals surface area contributed by atoms with Gasteiger partial charge >= 0.3 is 0 Å². The van der Waals surface area contributed by atoms with Gasteiger partial charge in [0, 0.05) is 31.8 Å². The Morgan fingerprint density at radius 2 is 1.95 bits per heavy atom. The minimum absolute atomic E-state index is 0.0886. The number of amides is 1. The third-order valence-corrected chi connectivity index (χ3v) is 7.34. The van der Waals surface area contributed by atoms with Gasteiger partial charge in [-0.1, -0.05) is 6.92 Å². The Labute approximate surface area is 224 Å². The van der Waals surface area contributed by atoms with E-state index in [1.54, 1.807) is 30.7 Å². The lowest BCUT2D eigenvalue weighted by atomic mass is 9.73. The van der Waals surface area contributed by atoms with Crippen LogP contribution in [0.1, 0.15) is 43.7 Å². The first-order valence-electron chi connectivity index (χ1n) is 12.9. The van der Waals surface area contributed by atoms with Crippen molar-refractivity contribution in [2.24, 2.45) is 11.7 Å². The van der Waals surface area contributed by atoms with Crippen molar-refractivity contribution in [1.29, 1.82) is 0 Å². The molecule has 0 bridgehead atoms. The highest BCUT2D eigenvalue weighted by Gasteiger charge is 2.35. The molecule has 1 fully saturated rings. The van der Waals surface area contributed by atoms with Gasteiger partial charge < -0.3 is 21.5 Å². The van der Waals surface area contributed by atoms with Gasteiger partial charge in [-0.05, 0) is 72.6 Å². The lowest BCUT2D eigenvalue weighted by Gasteiger charge is -2.39. The number of anilines is 2. The second kappa shape index (κ2) is 11.0. The smallest absolute Gasteiger partial charge is 0.229 e. The molecular formula is C28H31F2N7O2. The van der Waals surface area contributed by atoms with E-state index >= 15 is 0 Å². The van der Waals surface area contributed by atoms with Gasteiger partial charge in [0.2, 0.25) is 11.9 Å². The summed E-state index contributed by atoms with van der Waals surface area (Å²) in [7, 11) is 0. The molecule has 0 aliphatic heterocycles. The number of rotatable bonds is 7. The average Bonchev–Trinajstić information content (AvgIpc) is 3.28. The lowest BCUT2D eigenvalue weighted by Crippen LogP contribution is -2.54. The van der Waals surface area contributed by atoms with Crippen LogP contribution in [0.15, 0.2) is 48.9 Å². The summed E-state index contributed by atoms with van der Waals surface area (Å²) in [5.41, 5.74) is 9.08. The van der Waals surface area contributed by atoms with Crippen LogP contribution < -0.4 is 16.4 Å². The Morgan fingerprint density at radius 1 is 1.18 bits per heavy atom. The van der Waals surface area contributed by atoms with Crippen molar-refractivity contribution in [3.05, 3.63) is 71.7 Å². The number of hydrogen-bond donors (Lipinski definition) is 4. The summed E-state index contributed by atoms with van der Waals surface area (Å²) < 4.78 is 31.2. The molecule has 3 heterocycles. The number of nitrogens with zero attached hydrogens (tertiary/aromatic N) is 4. The monoisotopic (exact) mass is 535 g/mol. The van der Waals surface area contributed by atoms with Gasteiger partial charge in [-0.15, -0.1) is 0 Å². The normalized spacial score (nSPS) is 21.2. The van der Waals surface area contributed by atoms with Gasteiger partial charge in [-0.2, -0.15) is 9.61 Å². The summed E-state index contributed by atoms with van der Waals surface area (Å²) >= 11 is 0. The fourth-order valence-corrected chi connectivity index (χ4v) is 5.56. The highest BCUT2D eigenvalue weighted by atomic mass is 19.1. The van der Waals surface area contributed by atoms with Crippen molar-refractivity contribution in [3.63, 3.8) is 0 Å². The van der Waals surface area contributed by atoms with Crippen LogP contribution in [0, 0.1) is 17.6 Å². The van der Waals surface area contributed by atoms with E-state index in [-0.39, 0.29) is 54.1 Å². The Balaban J connectivity index is 1.45. The van der Waals surface area contributed by atoms with E-state index in [1.807, 2.05) is 6.07 Å². The third kappa shape index (κ3) is 5.45. The molecule has 0 spiro atoms. The zero-order valence-corrected chi connectivity index (χ0v) is 21.7. The highest BCUT2D eigenvalue weighted by molar-refractivity contribution is 5.73. The maximum absolute atomic E-state index is 14.9. The number of hydrogen-bond acceptors (Lipinski definition) is 7. The molecule has 1 aliphatic rings. The summed E-state index contributed by atoms with van der Waals surface area (Å²) in [6.45, 7) is 3.38.